The van der Waals surface area contributed by atoms with Gasteiger partial charge in [0.1, 0.15) is 0 Å². The Bertz CT molecular complexity index is 959. The van der Waals surface area contributed by atoms with E-state index >= 15 is 0 Å². The minimum absolute atomic E-state index is 0.0963. The van der Waals surface area contributed by atoms with Crippen molar-refractivity contribution in [2.45, 2.75) is 20.0 Å². The van der Waals surface area contributed by atoms with Crippen LogP contribution in [0.1, 0.15) is 16.7 Å². The van der Waals surface area contributed by atoms with Crippen LogP contribution < -0.4 is 11.5 Å². The van der Waals surface area contributed by atoms with Crippen molar-refractivity contribution in [1.82, 2.24) is 4.90 Å². The van der Waals surface area contributed by atoms with E-state index in [2.05, 4.69) is 34.3 Å². The van der Waals surface area contributed by atoms with Crippen molar-refractivity contribution in [1.29, 1.82) is 0 Å². The van der Waals surface area contributed by atoms with Crippen molar-refractivity contribution in [3.05, 3.63) is 101 Å². The predicted octanol–water partition coefficient (Wildman–Crippen LogP) is 4.61. The third-order valence-corrected chi connectivity index (χ3v) is 4.61. The predicted molar refractivity (Wildman–Crippen MR) is 121 cm³/mol. The van der Waals surface area contributed by atoms with Crippen LogP contribution in [0.25, 0.3) is 0 Å². The monoisotopic (exact) mass is 405 g/mol. The molecule has 3 aromatic carbocycles. The molecule has 0 fully saturated rings. The summed E-state index contributed by atoms with van der Waals surface area (Å²) in [6.07, 6.45) is 0. The molecule has 0 radical (unpaired) electrons. The number of rotatable bonds is 5. The number of benzene rings is 3. The first-order valence-corrected chi connectivity index (χ1v) is 9.66. The second-order valence-corrected chi connectivity index (χ2v) is 7.13. The summed E-state index contributed by atoms with van der Waals surface area (Å²) in [5.74, 6) is 0.407. The molecule has 0 heterocycles. The SMILES string of the molecule is Cc1cc(Cl)ccc1N=C(N)/N=C(\N)N(Cc1ccccc1)Cc1ccccc1. The molecule has 0 atom stereocenters. The first-order valence-electron chi connectivity index (χ1n) is 9.28. The zero-order valence-corrected chi connectivity index (χ0v) is 17.1. The van der Waals surface area contributed by atoms with Crippen molar-refractivity contribution < 1.29 is 0 Å². The molecule has 148 valence electrons. The highest BCUT2D eigenvalue weighted by Gasteiger charge is 2.11. The quantitative estimate of drug-likeness (QED) is 0.480. The normalized spacial score (nSPS) is 12.1. The minimum atomic E-state index is 0.0963. The summed E-state index contributed by atoms with van der Waals surface area (Å²) in [6.45, 7) is 3.14. The van der Waals surface area contributed by atoms with Gasteiger partial charge in [0, 0.05) is 18.1 Å². The van der Waals surface area contributed by atoms with Gasteiger partial charge in [0.25, 0.3) is 0 Å². The van der Waals surface area contributed by atoms with Gasteiger partial charge in [-0.2, -0.15) is 4.99 Å². The molecule has 4 N–H and O–H groups in total. The molecule has 0 aromatic heterocycles. The van der Waals surface area contributed by atoms with Crippen molar-refractivity contribution in [3.8, 4) is 0 Å². The minimum Gasteiger partial charge on any atom is -0.369 e. The molecule has 3 rings (SSSR count). The highest BCUT2D eigenvalue weighted by atomic mass is 35.5. The molecule has 3 aromatic rings. The molecule has 29 heavy (non-hydrogen) atoms. The third kappa shape index (κ3) is 6.09. The van der Waals surface area contributed by atoms with Gasteiger partial charge in [-0.05, 0) is 41.8 Å². The van der Waals surface area contributed by atoms with E-state index in [1.165, 1.54) is 0 Å². The van der Waals surface area contributed by atoms with Crippen molar-refractivity contribution in [3.63, 3.8) is 0 Å². The molecule has 0 saturated carbocycles. The summed E-state index contributed by atoms with van der Waals surface area (Å²) >= 11 is 6.00. The second-order valence-electron chi connectivity index (χ2n) is 6.70. The molecular weight excluding hydrogens is 382 g/mol. The third-order valence-electron chi connectivity index (χ3n) is 4.38. The lowest BCUT2D eigenvalue weighted by atomic mass is 10.2. The van der Waals surface area contributed by atoms with Gasteiger partial charge in [-0.1, -0.05) is 72.3 Å². The summed E-state index contributed by atoms with van der Waals surface area (Å²) in [5.41, 5.74) is 16.3. The summed E-state index contributed by atoms with van der Waals surface area (Å²) in [6, 6.07) is 25.6. The fourth-order valence-corrected chi connectivity index (χ4v) is 3.13. The highest BCUT2D eigenvalue weighted by Crippen LogP contribution is 2.22. The number of nitrogens with zero attached hydrogens (tertiary/aromatic N) is 3. The fourth-order valence-electron chi connectivity index (χ4n) is 2.91. The number of hydrogen-bond acceptors (Lipinski definition) is 1. The molecule has 5 nitrogen and oxygen atoms in total. The molecular formula is C23H24ClN5. The lowest BCUT2D eigenvalue weighted by Gasteiger charge is -2.24. The summed E-state index contributed by atoms with van der Waals surface area (Å²) in [5, 5.41) is 0.653. The van der Waals surface area contributed by atoms with Crippen LogP contribution >= 0.6 is 11.6 Å². The van der Waals surface area contributed by atoms with E-state index in [1.807, 2.05) is 60.4 Å². The van der Waals surface area contributed by atoms with Crippen LogP contribution in [-0.2, 0) is 13.1 Å². The number of nitrogens with two attached hydrogens (primary N) is 2. The Balaban J connectivity index is 1.85. The van der Waals surface area contributed by atoms with Gasteiger partial charge in [-0.15, -0.1) is 0 Å². The van der Waals surface area contributed by atoms with E-state index in [-0.39, 0.29) is 5.96 Å². The van der Waals surface area contributed by atoms with Gasteiger partial charge >= 0.3 is 0 Å². The van der Waals surface area contributed by atoms with Gasteiger partial charge in [0.2, 0.25) is 5.96 Å². The number of halogens is 1. The van der Waals surface area contributed by atoms with Crippen molar-refractivity contribution >= 4 is 29.2 Å². The summed E-state index contributed by atoms with van der Waals surface area (Å²) in [4.78, 5) is 10.7. The zero-order valence-electron chi connectivity index (χ0n) is 16.3. The van der Waals surface area contributed by atoms with Crippen LogP contribution in [0, 0.1) is 6.92 Å². The standard InChI is InChI=1S/C23H24ClN5/c1-17-14-20(24)12-13-21(17)27-22(25)28-23(26)29(15-18-8-4-2-5-9-18)16-19-10-6-3-7-11-19/h2-14H,15-16H2,1H3,(H4,25,26,27,28). The Kier molecular flexibility index (Phi) is 6.87. The van der Waals surface area contributed by atoms with E-state index in [0.717, 1.165) is 16.7 Å². The molecule has 0 aliphatic carbocycles. The maximum absolute atomic E-state index is 6.32. The number of guanidine groups is 2. The fraction of sp³-hybridized carbons (Fsp3) is 0.130. The van der Waals surface area contributed by atoms with Gasteiger partial charge < -0.3 is 16.4 Å². The molecule has 0 bridgehead atoms. The van der Waals surface area contributed by atoms with Crippen LogP contribution in [-0.4, -0.2) is 16.8 Å². The molecule has 0 aliphatic rings. The first kappa shape index (κ1) is 20.4. The Morgan fingerprint density at radius 3 is 1.93 bits per heavy atom. The Morgan fingerprint density at radius 2 is 1.41 bits per heavy atom. The van der Waals surface area contributed by atoms with Crippen LogP contribution in [0.3, 0.4) is 0 Å². The van der Waals surface area contributed by atoms with Crippen LogP contribution in [0.15, 0.2) is 88.8 Å². The molecule has 6 heteroatoms. The number of hydrogen-bond donors (Lipinski definition) is 2. The largest absolute Gasteiger partial charge is 0.369 e. The van der Waals surface area contributed by atoms with Gasteiger partial charge in [0.15, 0.2) is 5.96 Å². The summed E-state index contributed by atoms with van der Waals surface area (Å²) < 4.78 is 0. The van der Waals surface area contributed by atoms with Crippen molar-refractivity contribution in [2.75, 3.05) is 0 Å². The van der Waals surface area contributed by atoms with Crippen molar-refractivity contribution in [2.24, 2.45) is 21.5 Å². The second kappa shape index (κ2) is 9.75. The topological polar surface area (TPSA) is 80.0 Å². The first-order chi connectivity index (χ1) is 14.0. The zero-order chi connectivity index (χ0) is 20.6. The Labute approximate surface area is 176 Å². The highest BCUT2D eigenvalue weighted by molar-refractivity contribution is 6.30. The van der Waals surface area contributed by atoms with Gasteiger partial charge in [-0.3, -0.25) is 0 Å². The Hall–Kier alpha value is -3.31. The van der Waals surface area contributed by atoms with Crippen LogP contribution in [0.4, 0.5) is 5.69 Å². The van der Waals surface area contributed by atoms with E-state index in [0.29, 0.717) is 29.8 Å². The number of aliphatic imine (C=N–C) groups is 2. The van der Waals surface area contributed by atoms with E-state index in [9.17, 15) is 0 Å². The Morgan fingerprint density at radius 1 is 0.862 bits per heavy atom. The molecule has 0 amide bonds. The molecule has 0 spiro atoms. The van der Waals surface area contributed by atoms with Crippen LogP contribution in [0.2, 0.25) is 5.02 Å². The summed E-state index contributed by atoms with van der Waals surface area (Å²) in [7, 11) is 0. The number of aryl methyl sites for hydroxylation is 1. The van der Waals surface area contributed by atoms with Gasteiger partial charge in [-0.25, -0.2) is 4.99 Å². The molecule has 0 unspecified atom stereocenters. The van der Waals surface area contributed by atoms with Gasteiger partial charge in [0.05, 0.1) is 5.69 Å². The van der Waals surface area contributed by atoms with E-state index in [4.69, 9.17) is 23.1 Å². The average molecular weight is 406 g/mol. The van der Waals surface area contributed by atoms with Crippen LogP contribution in [0.5, 0.6) is 0 Å². The lowest BCUT2D eigenvalue weighted by Crippen LogP contribution is -2.37. The maximum atomic E-state index is 6.32. The molecule has 0 saturated heterocycles. The molecule has 0 aliphatic heterocycles. The van der Waals surface area contributed by atoms with E-state index in [1.54, 1.807) is 6.07 Å². The van der Waals surface area contributed by atoms with E-state index < -0.39 is 0 Å². The smallest absolute Gasteiger partial charge is 0.223 e. The average Bonchev–Trinajstić information content (AvgIpc) is 2.71. The maximum Gasteiger partial charge on any atom is 0.223 e. The lowest BCUT2D eigenvalue weighted by molar-refractivity contribution is 0.402.